The van der Waals surface area contributed by atoms with Gasteiger partial charge in [0.2, 0.25) is 5.91 Å². The summed E-state index contributed by atoms with van der Waals surface area (Å²) in [6, 6.07) is 4.91. The minimum absolute atomic E-state index is 0.179. The fourth-order valence-electron chi connectivity index (χ4n) is 2.51. The van der Waals surface area contributed by atoms with E-state index in [0.29, 0.717) is 26.2 Å². The van der Waals surface area contributed by atoms with Gasteiger partial charge in [-0.15, -0.1) is 0 Å². The van der Waals surface area contributed by atoms with E-state index >= 15 is 0 Å². The first-order chi connectivity index (χ1) is 10.0. The first kappa shape index (κ1) is 16.0. The number of carbonyl (C=O) groups is 2. The van der Waals surface area contributed by atoms with Gasteiger partial charge < -0.3 is 14.7 Å². The molecule has 0 fully saturated rings. The molecule has 0 bridgehead atoms. The van der Waals surface area contributed by atoms with Crippen LogP contribution in [-0.2, 0) is 27.3 Å². The Morgan fingerprint density at radius 1 is 1.48 bits per heavy atom. The van der Waals surface area contributed by atoms with Crippen molar-refractivity contribution < 1.29 is 19.4 Å². The molecular weight excluding hydrogens is 338 g/mol. The summed E-state index contributed by atoms with van der Waals surface area (Å²) in [6.07, 6.45) is 0.535. The minimum atomic E-state index is -0.971. The van der Waals surface area contributed by atoms with Crippen molar-refractivity contribution in [3.8, 4) is 0 Å². The fourth-order valence-corrected chi connectivity index (χ4v) is 3.08. The highest BCUT2D eigenvalue weighted by atomic mass is 79.9. The van der Waals surface area contributed by atoms with Crippen LogP contribution in [0.25, 0.3) is 0 Å². The molecule has 0 aliphatic carbocycles. The molecule has 0 radical (unpaired) electrons. The number of aliphatic carboxylic acids is 1. The van der Waals surface area contributed by atoms with Gasteiger partial charge in [-0.3, -0.25) is 4.79 Å². The van der Waals surface area contributed by atoms with Crippen LogP contribution in [0.5, 0.6) is 0 Å². The van der Waals surface area contributed by atoms with Gasteiger partial charge in [-0.25, -0.2) is 4.79 Å². The molecule has 1 N–H and O–H groups in total. The molecule has 1 amide bonds. The highest BCUT2D eigenvalue weighted by Gasteiger charge is 2.34. The number of amides is 1. The molecule has 21 heavy (non-hydrogen) atoms. The first-order valence-electron chi connectivity index (χ1n) is 6.90. The summed E-state index contributed by atoms with van der Waals surface area (Å²) in [5.74, 6) is -1.15. The van der Waals surface area contributed by atoms with E-state index < -0.39 is 12.0 Å². The Kier molecular flexibility index (Phi) is 5.36. The first-order valence-corrected chi connectivity index (χ1v) is 7.70. The van der Waals surface area contributed by atoms with Crippen LogP contribution in [0.15, 0.2) is 22.7 Å². The van der Waals surface area contributed by atoms with Crippen molar-refractivity contribution in [1.82, 2.24) is 4.90 Å². The van der Waals surface area contributed by atoms with E-state index in [1.807, 2.05) is 25.1 Å². The molecular formula is C15H18BrNO4. The molecule has 1 aromatic carbocycles. The summed E-state index contributed by atoms with van der Waals surface area (Å²) < 4.78 is 6.07. The molecule has 1 unspecified atom stereocenters. The number of carboxylic acids is 1. The second-order valence-electron chi connectivity index (χ2n) is 4.90. The zero-order valence-corrected chi connectivity index (χ0v) is 13.4. The number of ether oxygens (including phenoxy) is 1. The predicted molar refractivity (Wildman–Crippen MR) is 80.9 cm³/mol. The van der Waals surface area contributed by atoms with Gasteiger partial charge >= 0.3 is 5.97 Å². The van der Waals surface area contributed by atoms with Crippen LogP contribution >= 0.6 is 15.9 Å². The van der Waals surface area contributed by atoms with Crippen molar-refractivity contribution in [2.45, 2.75) is 32.4 Å². The lowest BCUT2D eigenvalue weighted by Gasteiger charge is -2.35. The highest BCUT2D eigenvalue weighted by Crippen LogP contribution is 2.29. The summed E-state index contributed by atoms with van der Waals surface area (Å²) in [7, 11) is 0. The largest absolute Gasteiger partial charge is 0.480 e. The molecule has 0 saturated carbocycles. The van der Waals surface area contributed by atoms with Gasteiger partial charge in [-0.2, -0.15) is 0 Å². The van der Waals surface area contributed by atoms with Gasteiger partial charge in [0.15, 0.2) is 0 Å². The zero-order chi connectivity index (χ0) is 15.4. The fraction of sp³-hybridized carbons (Fsp3) is 0.467. The van der Waals surface area contributed by atoms with Crippen LogP contribution < -0.4 is 0 Å². The van der Waals surface area contributed by atoms with Crippen LogP contribution in [-0.4, -0.2) is 41.1 Å². The topological polar surface area (TPSA) is 66.8 Å². The van der Waals surface area contributed by atoms with E-state index in [4.69, 9.17) is 4.74 Å². The number of hydrogen-bond donors (Lipinski definition) is 1. The van der Waals surface area contributed by atoms with Crippen LogP contribution in [0, 0.1) is 0 Å². The number of carboxylic acid groups (broad SMARTS) is 1. The SMILES string of the molecule is CCOCCC(=O)N1Cc2cccc(Br)c2CC1C(=O)O. The summed E-state index contributed by atoms with van der Waals surface area (Å²) in [5, 5.41) is 9.41. The standard InChI is InChI=1S/C15H18BrNO4/c1-2-21-7-6-14(18)17-9-10-4-3-5-12(16)11(10)8-13(17)15(19)20/h3-5,13H,2,6-9H2,1H3,(H,19,20). The summed E-state index contributed by atoms with van der Waals surface area (Å²) >= 11 is 3.45. The van der Waals surface area contributed by atoms with Crippen molar-refractivity contribution in [3.63, 3.8) is 0 Å². The Hall–Kier alpha value is -1.40. The second kappa shape index (κ2) is 7.04. The van der Waals surface area contributed by atoms with E-state index in [2.05, 4.69) is 15.9 Å². The lowest BCUT2D eigenvalue weighted by molar-refractivity contribution is -0.151. The number of benzene rings is 1. The van der Waals surface area contributed by atoms with Gasteiger partial charge in [0.05, 0.1) is 13.0 Å². The van der Waals surface area contributed by atoms with Gasteiger partial charge in [0, 0.05) is 24.0 Å². The molecule has 0 spiro atoms. The molecule has 114 valence electrons. The third kappa shape index (κ3) is 3.63. The van der Waals surface area contributed by atoms with Crippen LogP contribution in [0.4, 0.5) is 0 Å². The van der Waals surface area contributed by atoms with Crippen molar-refractivity contribution >= 4 is 27.8 Å². The van der Waals surface area contributed by atoms with Gasteiger partial charge in [0.25, 0.3) is 0 Å². The lowest BCUT2D eigenvalue weighted by Crippen LogP contribution is -2.49. The number of nitrogens with zero attached hydrogens (tertiary/aromatic N) is 1. The second-order valence-corrected chi connectivity index (χ2v) is 5.76. The molecule has 2 rings (SSSR count). The molecule has 6 heteroatoms. The average molecular weight is 356 g/mol. The van der Waals surface area contributed by atoms with Crippen LogP contribution in [0.2, 0.25) is 0 Å². The molecule has 1 aromatic rings. The molecule has 1 aliphatic rings. The van der Waals surface area contributed by atoms with Crippen molar-refractivity contribution in [3.05, 3.63) is 33.8 Å². The Morgan fingerprint density at radius 3 is 2.90 bits per heavy atom. The minimum Gasteiger partial charge on any atom is -0.480 e. The average Bonchev–Trinajstić information content (AvgIpc) is 2.46. The summed E-state index contributed by atoms with van der Waals surface area (Å²) in [5.41, 5.74) is 1.96. The zero-order valence-electron chi connectivity index (χ0n) is 11.8. The van der Waals surface area contributed by atoms with Gasteiger partial charge in [-0.05, 0) is 24.1 Å². The monoisotopic (exact) mass is 355 g/mol. The van der Waals surface area contributed by atoms with Crippen molar-refractivity contribution in [2.75, 3.05) is 13.2 Å². The van der Waals surface area contributed by atoms with Crippen LogP contribution in [0.1, 0.15) is 24.5 Å². The number of fused-ring (bicyclic) bond motifs is 1. The third-order valence-corrected chi connectivity index (χ3v) is 4.34. The number of halogens is 1. The van der Waals surface area contributed by atoms with E-state index in [1.54, 1.807) is 0 Å². The quantitative estimate of drug-likeness (QED) is 0.822. The molecule has 1 aliphatic heterocycles. The maximum Gasteiger partial charge on any atom is 0.326 e. The molecule has 5 nitrogen and oxygen atoms in total. The molecule has 0 aromatic heterocycles. The Balaban J connectivity index is 2.20. The van der Waals surface area contributed by atoms with Crippen molar-refractivity contribution in [1.29, 1.82) is 0 Å². The van der Waals surface area contributed by atoms with Gasteiger partial charge in [0.1, 0.15) is 6.04 Å². The maximum absolute atomic E-state index is 12.3. The smallest absolute Gasteiger partial charge is 0.326 e. The maximum atomic E-state index is 12.3. The van der Waals surface area contributed by atoms with E-state index in [1.165, 1.54) is 4.90 Å². The lowest BCUT2D eigenvalue weighted by atomic mass is 9.93. The number of carbonyl (C=O) groups excluding carboxylic acids is 1. The predicted octanol–water partition coefficient (Wildman–Crippen LogP) is 2.21. The number of rotatable bonds is 5. The highest BCUT2D eigenvalue weighted by molar-refractivity contribution is 9.10. The Bertz CT molecular complexity index is 546. The van der Waals surface area contributed by atoms with Gasteiger partial charge in [-0.1, -0.05) is 28.1 Å². The Labute approximate surface area is 132 Å². The van der Waals surface area contributed by atoms with E-state index in [0.717, 1.165) is 15.6 Å². The van der Waals surface area contributed by atoms with Crippen molar-refractivity contribution in [2.24, 2.45) is 0 Å². The molecule has 0 saturated heterocycles. The normalized spacial score (nSPS) is 17.4. The Morgan fingerprint density at radius 2 is 2.24 bits per heavy atom. The third-order valence-electron chi connectivity index (χ3n) is 3.60. The number of hydrogen-bond acceptors (Lipinski definition) is 3. The molecule has 1 heterocycles. The van der Waals surface area contributed by atoms with Crippen LogP contribution in [0.3, 0.4) is 0 Å². The summed E-state index contributed by atoms with van der Waals surface area (Å²) in [4.78, 5) is 25.2. The molecule has 1 atom stereocenters. The van der Waals surface area contributed by atoms with E-state index in [-0.39, 0.29) is 12.3 Å². The summed E-state index contributed by atoms with van der Waals surface area (Å²) in [6.45, 7) is 3.06. The van der Waals surface area contributed by atoms with E-state index in [9.17, 15) is 14.7 Å².